The minimum atomic E-state index is -0.366. The van der Waals surface area contributed by atoms with E-state index in [2.05, 4.69) is 10.3 Å². The smallest absolute Gasteiger partial charge is 0.351 e. The SMILES string of the molecule is O=C(COc1ccc2c(c1)CCn1c-2cc(OCC2COc3ccccc3O2)nc1=O)NCc1ccccc1. The number of rotatable bonds is 8. The second kappa shape index (κ2) is 10.9. The quantitative estimate of drug-likeness (QED) is 0.376. The van der Waals surface area contributed by atoms with E-state index in [9.17, 15) is 9.59 Å². The Hall–Kier alpha value is -4.79. The van der Waals surface area contributed by atoms with E-state index in [1.54, 1.807) is 16.7 Å². The Morgan fingerprint density at radius 3 is 2.69 bits per heavy atom. The number of ether oxygens (including phenoxy) is 4. The summed E-state index contributed by atoms with van der Waals surface area (Å²) in [4.78, 5) is 29.1. The average Bonchev–Trinajstić information content (AvgIpc) is 2.98. The largest absolute Gasteiger partial charge is 0.486 e. The van der Waals surface area contributed by atoms with Crippen molar-refractivity contribution in [3.05, 3.63) is 100 Å². The molecule has 6 rings (SSSR count). The summed E-state index contributed by atoms with van der Waals surface area (Å²) in [6.07, 6.45) is 0.325. The summed E-state index contributed by atoms with van der Waals surface area (Å²) < 4.78 is 24.9. The van der Waals surface area contributed by atoms with Crippen molar-refractivity contribution in [2.75, 3.05) is 19.8 Å². The summed E-state index contributed by atoms with van der Waals surface area (Å²) in [5.41, 5.74) is 3.31. The molecule has 39 heavy (non-hydrogen) atoms. The van der Waals surface area contributed by atoms with E-state index in [0.717, 1.165) is 22.4 Å². The van der Waals surface area contributed by atoms with Crippen molar-refractivity contribution in [2.45, 2.75) is 25.6 Å². The van der Waals surface area contributed by atoms with E-state index in [0.29, 0.717) is 43.4 Å². The first-order valence-electron chi connectivity index (χ1n) is 12.8. The van der Waals surface area contributed by atoms with Gasteiger partial charge in [0.25, 0.3) is 5.91 Å². The molecule has 0 bridgehead atoms. The van der Waals surface area contributed by atoms with Crippen LogP contribution in [0.4, 0.5) is 0 Å². The Labute approximate surface area is 224 Å². The summed E-state index contributed by atoms with van der Waals surface area (Å²) in [5.74, 6) is 2.00. The lowest BCUT2D eigenvalue weighted by Crippen LogP contribution is -2.35. The molecule has 1 unspecified atom stereocenters. The lowest BCUT2D eigenvalue weighted by atomic mass is 9.97. The summed E-state index contributed by atoms with van der Waals surface area (Å²) >= 11 is 0. The van der Waals surface area contributed by atoms with Gasteiger partial charge in [-0.05, 0) is 47.9 Å². The number of nitrogens with zero attached hydrogens (tertiary/aromatic N) is 2. The number of amides is 1. The number of hydrogen-bond acceptors (Lipinski definition) is 7. The average molecular weight is 526 g/mol. The molecule has 1 N–H and O–H groups in total. The summed E-state index contributed by atoms with van der Waals surface area (Å²) in [6.45, 7) is 1.39. The van der Waals surface area contributed by atoms with Crippen LogP contribution in [0.25, 0.3) is 11.3 Å². The van der Waals surface area contributed by atoms with Crippen LogP contribution in [0.5, 0.6) is 23.1 Å². The van der Waals surface area contributed by atoms with Crippen molar-refractivity contribution in [2.24, 2.45) is 0 Å². The van der Waals surface area contributed by atoms with E-state index in [1.807, 2.05) is 66.7 Å². The molecule has 0 aliphatic carbocycles. The number of nitrogens with one attached hydrogen (secondary N) is 1. The minimum Gasteiger partial charge on any atom is -0.486 e. The van der Waals surface area contributed by atoms with Crippen molar-refractivity contribution >= 4 is 5.91 Å². The van der Waals surface area contributed by atoms with Crippen LogP contribution in [0.3, 0.4) is 0 Å². The number of fused-ring (bicyclic) bond motifs is 4. The van der Waals surface area contributed by atoms with Gasteiger partial charge >= 0.3 is 5.69 Å². The highest BCUT2D eigenvalue weighted by Gasteiger charge is 2.23. The van der Waals surface area contributed by atoms with E-state index in [4.69, 9.17) is 18.9 Å². The summed E-state index contributed by atoms with van der Waals surface area (Å²) in [6, 6.07) is 24.6. The zero-order valence-corrected chi connectivity index (χ0v) is 21.2. The van der Waals surface area contributed by atoms with Crippen LogP contribution in [-0.4, -0.2) is 41.4 Å². The van der Waals surface area contributed by atoms with Gasteiger partial charge in [-0.25, -0.2) is 4.79 Å². The Morgan fingerprint density at radius 1 is 1.00 bits per heavy atom. The zero-order chi connectivity index (χ0) is 26.6. The monoisotopic (exact) mass is 525 g/mol. The van der Waals surface area contributed by atoms with Crippen molar-refractivity contribution in [1.29, 1.82) is 0 Å². The first-order valence-corrected chi connectivity index (χ1v) is 12.8. The van der Waals surface area contributed by atoms with Crippen molar-refractivity contribution < 1.29 is 23.7 Å². The summed E-state index contributed by atoms with van der Waals surface area (Å²) in [7, 11) is 0. The van der Waals surface area contributed by atoms with E-state index in [1.165, 1.54) is 0 Å². The Kier molecular flexibility index (Phi) is 6.86. The minimum absolute atomic E-state index is 0.0823. The fourth-order valence-corrected chi connectivity index (χ4v) is 4.67. The van der Waals surface area contributed by atoms with Crippen LogP contribution in [0.15, 0.2) is 83.7 Å². The van der Waals surface area contributed by atoms with Gasteiger partial charge < -0.3 is 24.3 Å². The van der Waals surface area contributed by atoms with Gasteiger partial charge in [-0.1, -0.05) is 42.5 Å². The van der Waals surface area contributed by atoms with Gasteiger partial charge in [0.2, 0.25) is 5.88 Å². The van der Waals surface area contributed by atoms with E-state index < -0.39 is 0 Å². The fraction of sp³-hybridized carbons (Fsp3) is 0.233. The molecule has 1 aromatic heterocycles. The Bertz CT molecular complexity index is 1550. The molecule has 0 radical (unpaired) electrons. The number of carbonyl (C=O) groups is 1. The molecular formula is C30H27N3O6. The number of para-hydroxylation sites is 2. The standard InChI is InChI=1S/C30H27N3O6/c34-28(31-16-20-6-2-1-3-7-20)19-36-22-10-11-24-21(14-22)12-13-33-25(24)15-29(32-30(33)35)38-18-23-17-37-26-8-4-5-9-27(26)39-23/h1-11,14-15,23H,12-13,16-19H2,(H,31,34). The number of carbonyl (C=O) groups excluding carboxylic acids is 1. The maximum absolute atomic E-state index is 12.8. The summed E-state index contributed by atoms with van der Waals surface area (Å²) in [5, 5.41) is 2.86. The Balaban J connectivity index is 1.10. The number of aryl methyl sites for hydroxylation is 1. The first-order chi connectivity index (χ1) is 19.1. The third-order valence-corrected chi connectivity index (χ3v) is 6.63. The van der Waals surface area contributed by atoms with Crippen molar-refractivity contribution in [1.82, 2.24) is 14.9 Å². The lowest BCUT2D eigenvalue weighted by Gasteiger charge is -2.26. The number of aromatic nitrogens is 2. The normalized spacial score (nSPS) is 15.0. The van der Waals surface area contributed by atoms with Crippen LogP contribution in [0.1, 0.15) is 11.1 Å². The van der Waals surface area contributed by atoms with E-state index >= 15 is 0 Å². The second-order valence-electron chi connectivity index (χ2n) is 9.34. The van der Waals surface area contributed by atoms with Gasteiger partial charge in [0.15, 0.2) is 24.2 Å². The highest BCUT2D eigenvalue weighted by molar-refractivity contribution is 5.77. The van der Waals surface area contributed by atoms with Gasteiger partial charge in [-0.2, -0.15) is 4.98 Å². The van der Waals surface area contributed by atoms with Crippen LogP contribution < -0.4 is 30.0 Å². The lowest BCUT2D eigenvalue weighted by molar-refractivity contribution is -0.123. The van der Waals surface area contributed by atoms with Crippen LogP contribution in [-0.2, 0) is 24.3 Å². The van der Waals surface area contributed by atoms with Gasteiger partial charge in [0, 0.05) is 24.7 Å². The molecule has 9 heteroatoms. The van der Waals surface area contributed by atoms with Gasteiger partial charge in [0.1, 0.15) is 19.0 Å². The molecule has 9 nitrogen and oxygen atoms in total. The molecule has 2 aliphatic heterocycles. The number of benzene rings is 3. The molecular weight excluding hydrogens is 498 g/mol. The molecule has 2 aliphatic rings. The molecule has 198 valence electrons. The molecule has 0 spiro atoms. The molecule has 0 saturated heterocycles. The third kappa shape index (κ3) is 5.57. The molecule has 0 saturated carbocycles. The van der Waals surface area contributed by atoms with Crippen LogP contribution in [0.2, 0.25) is 0 Å². The maximum atomic E-state index is 12.8. The van der Waals surface area contributed by atoms with Gasteiger partial charge in [0.05, 0.1) is 5.69 Å². The third-order valence-electron chi connectivity index (χ3n) is 6.63. The highest BCUT2D eigenvalue weighted by Crippen LogP contribution is 2.33. The molecule has 3 heterocycles. The van der Waals surface area contributed by atoms with Crippen LogP contribution >= 0.6 is 0 Å². The van der Waals surface area contributed by atoms with Crippen LogP contribution in [0, 0.1) is 0 Å². The molecule has 3 aromatic carbocycles. The molecule has 4 aromatic rings. The topological polar surface area (TPSA) is 101 Å². The zero-order valence-electron chi connectivity index (χ0n) is 21.2. The predicted molar refractivity (Wildman–Crippen MR) is 143 cm³/mol. The predicted octanol–water partition coefficient (Wildman–Crippen LogP) is 3.38. The maximum Gasteiger partial charge on any atom is 0.351 e. The van der Waals surface area contributed by atoms with Crippen molar-refractivity contribution in [3.63, 3.8) is 0 Å². The fourth-order valence-electron chi connectivity index (χ4n) is 4.67. The second-order valence-corrected chi connectivity index (χ2v) is 9.34. The number of hydrogen-bond donors (Lipinski definition) is 1. The van der Waals surface area contributed by atoms with Gasteiger partial charge in [-0.15, -0.1) is 0 Å². The molecule has 1 amide bonds. The Morgan fingerprint density at radius 2 is 1.82 bits per heavy atom. The molecule has 1 atom stereocenters. The molecule has 0 fully saturated rings. The van der Waals surface area contributed by atoms with E-state index in [-0.39, 0.29) is 36.8 Å². The highest BCUT2D eigenvalue weighted by atomic mass is 16.6. The van der Waals surface area contributed by atoms with Gasteiger partial charge in [-0.3, -0.25) is 9.36 Å². The van der Waals surface area contributed by atoms with Crippen molar-refractivity contribution in [3.8, 4) is 34.4 Å². The first kappa shape index (κ1) is 24.5.